The molecule has 0 aromatic heterocycles. The fourth-order valence-electron chi connectivity index (χ4n) is 1.32. The summed E-state index contributed by atoms with van der Waals surface area (Å²) < 4.78 is 26.7. The highest BCUT2D eigenvalue weighted by molar-refractivity contribution is 9.10. The molecule has 8 heteroatoms. The van der Waals surface area contributed by atoms with Crippen molar-refractivity contribution < 1.29 is 18.3 Å². The summed E-state index contributed by atoms with van der Waals surface area (Å²) >= 11 is 3.16. The maximum atomic E-state index is 12.1. The number of halogens is 1. The molecule has 0 spiro atoms. The molecular weight excluding hydrogens is 336 g/mol. The quantitative estimate of drug-likeness (QED) is 0.834. The van der Waals surface area contributed by atoms with Gasteiger partial charge in [-0.2, -0.15) is 4.72 Å². The summed E-state index contributed by atoms with van der Waals surface area (Å²) in [6.07, 6.45) is 0. The van der Waals surface area contributed by atoms with Crippen LogP contribution in [0, 0.1) is 0 Å². The van der Waals surface area contributed by atoms with E-state index >= 15 is 0 Å². The van der Waals surface area contributed by atoms with Gasteiger partial charge in [-0.15, -0.1) is 0 Å². The van der Waals surface area contributed by atoms with E-state index in [2.05, 4.69) is 20.7 Å². The van der Waals surface area contributed by atoms with Crippen molar-refractivity contribution in [1.29, 1.82) is 0 Å². The third-order valence-electron chi connectivity index (χ3n) is 2.42. The summed E-state index contributed by atoms with van der Waals surface area (Å²) in [5, 5.41) is 8.76. The molecule has 0 aliphatic rings. The van der Waals surface area contributed by atoms with Crippen LogP contribution in [0.15, 0.2) is 27.6 Å². The monoisotopic (exact) mass is 350 g/mol. The number of anilines is 1. The molecule has 19 heavy (non-hydrogen) atoms. The van der Waals surface area contributed by atoms with Crippen LogP contribution in [0.4, 0.5) is 5.69 Å². The topological polar surface area (TPSA) is 86.7 Å². The number of benzene rings is 1. The number of carboxylic acid groups (broad SMARTS) is 1. The third kappa shape index (κ3) is 3.92. The summed E-state index contributed by atoms with van der Waals surface area (Å²) in [6.45, 7) is 1.27. The molecule has 1 aromatic carbocycles. The normalized spacial score (nSPS) is 13.1. The van der Waals surface area contributed by atoms with E-state index in [1.54, 1.807) is 31.1 Å². The minimum Gasteiger partial charge on any atom is -0.480 e. The first-order valence-electron chi connectivity index (χ1n) is 5.37. The lowest BCUT2D eigenvalue weighted by molar-refractivity contribution is -0.138. The van der Waals surface area contributed by atoms with Crippen molar-refractivity contribution in [2.45, 2.75) is 17.9 Å². The van der Waals surface area contributed by atoms with E-state index in [1.807, 2.05) is 0 Å². The molecule has 1 atom stereocenters. The maximum Gasteiger partial charge on any atom is 0.321 e. The van der Waals surface area contributed by atoms with Crippen molar-refractivity contribution in [3.63, 3.8) is 0 Å². The molecule has 0 bridgehead atoms. The van der Waals surface area contributed by atoms with E-state index in [0.717, 1.165) is 0 Å². The predicted molar refractivity (Wildman–Crippen MR) is 75.9 cm³/mol. The number of sulfonamides is 1. The highest BCUT2D eigenvalue weighted by Crippen LogP contribution is 2.26. The van der Waals surface area contributed by atoms with Gasteiger partial charge in [-0.3, -0.25) is 4.79 Å². The number of carbonyl (C=O) groups is 1. The summed E-state index contributed by atoms with van der Waals surface area (Å²) in [7, 11) is -0.326. The van der Waals surface area contributed by atoms with Gasteiger partial charge in [0.2, 0.25) is 10.0 Å². The summed E-state index contributed by atoms with van der Waals surface area (Å²) in [5.41, 5.74) is 0.701. The Balaban J connectivity index is 3.21. The zero-order valence-electron chi connectivity index (χ0n) is 10.7. The Morgan fingerprint density at radius 2 is 2.00 bits per heavy atom. The second-order valence-corrected chi connectivity index (χ2v) is 6.73. The fourth-order valence-corrected chi connectivity index (χ4v) is 3.50. The van der Waals surface area contributed by atoms with Gasteiger partial charge in [-0.05, 0) is 41.1 Å². The lowest BCUT2D eigenvalue weighted by Gasteiger charge is -2.16. The Kier molecular flexibility index (Phi) is 4.94. The predicted octanol–water partition coefficient (Wildman–Crippen LogP) is 1.27. The maximum absolute atomic E-state index is 12.1. The number of nitrogens with one attached hydrogen (secondary N) is 1. The van der Waals surface area contributed by atoms with Crippen LogP contribution in [0.25, 0.3) is 0 Å². The van der Waals surface area contributed by atoms with Gasteiger partial charge in [-0.1, -0.05) is 0 Å². The molecule has 6 nitrogen and oxygen atoms in total. The second kappa shape index (κ2) is 5.89. The van der Waals surface area contributed by atoms with E-state index in [4.69, 9.17) is 5.11 Å². The number of nitrogens with zero attached hydrogens (tertiary/aromatic N) is 1. The molecule has 2 N–H and O–H groups in total. The van der Waals surface area contributed by atoms with Crippen LogP contribution < -0.4 is 9.62 Å². The summed E-state index contributed by atoms with van der Waals surface area (Å²) in [6, 6.07) is 3.64. The number of aliphatic carboxylic acids is 1. The van der Waals surface area contributed by atoms with Crippen molar-refractivity contribution in [3.05, 3.63) is 22.7 Å². The summed E-state index contributed by atoms with van der Waals surface area (Å²) in [4.78, 5) is 12.5. The molecule has 0 radical (unpaired) electrons. The Morgan fingerprint density at radius 3 is 2.47 bits per heavy atom. The molecule has 0 saturated heterocycles. The Bertz CT molecular complexity index is 586. The number of rotatable bonds is 5. The third-order valence-corrected chi connectivity index (χ3v) is 4.96. The van der Waals surface area contributed by atoms with Gasteiger partial charge in [-0.25, -0.2) is 8.42 Å². The average Bonchev–Trinajstić information content (AvgIpc) is 2.28. The number of hydrogen-bond acceptors (Lipinski definition) is 4. The van der Waals surface area contributed by atoms with Gasteiger partial charge in [0.15, 0.2) is 0 Å². The molecule has 0 amide bonds. The van der Waals surface area contributed by atoms with Crippen molar-refractivity contribution >= 4 is 37.6 Å². The zero-order valence-corrected chi connectivity index (χ0v) is 13.1. The molecule has 106 valence electrons. The molecule has 0 unspecified atom stereocenters. The lowest BCUT2D eigenvalue weighted by Crippen LogP contribution is -2.38. The van der Waals surface area contributed by atoms with E-state index in [-0.39, 0.29) is 4.90 Å². The Hall–Kier alpha value is -1.12. The molecule has 1 rings (SSSR count). The molecular formula is C11H15BrN2O4S. The van der Waals surface area contributed by atoms with Crippen LogP contribution >= 0.6 is 15.9 Å². The van der Waals surface area contributed by atoms with Crippen LogP contribution in [-0.4, -0.2) is 39.6 Å². The Morgan fingerprint density at radius 1 is 1.42 bits per heavy atom. The van der Waals surface area contributed by atoms with Crippen molar-refractivity contribution in [1.82, 2.24) is 4.72 Å². The van der Waals surface area contributed by atoms with Crippen LogP contribution in [0.3, 0.4) is 0 Å². The molecule has 0 aliphatic heterocycles. The summed E-state index contributed by atoms with van der Waals surface area (Å²) in [5.74, 6) is -1.23. The van der Waals surface area contributed by atoms with E-state index in [1.165, 1.54) is 13.0 Å². The SMILES string of the molecule is C[C@@H](NS(=O)(=O)c1cc(N(C)C)ccc1Br)C(=O)O. The molecule has 0 fully saturated rings. The number of carboxylic acids is 1. The van der Waals surface area contributed by atoms with Crippen molar-refractivity contribution in [2.75, 3.05) is 19.0 Å². The van der Waals surface area contributed by atoms with E-state index in [9.17, 15) is 13.2 Å². The van der Waals surface area contributed by atoms with E-state index in [0.29, 0.717) is 10.2 Å². The molecule has 0 saturated carbocycles. The minimum absolute atomic E-state index is 0.00630. The van der Waals surface area contributed by atoms with Crippen molar-refractivity contribution in [2.24, 2.45) is 0 Å². The molecule has 1 aromatic rings. The second-order valence-electron chi connectivity index (χ2n) is 4.19. The Labute approximate surface area is 120 Å². The smallest absolute Gasteiger partial charge is 0.321 e. The van der Waals surface area contributed by atoms with Crippen LogP contribution in [0.5, 0.6) is 0 Å². The van der Waals surface area contributed by atoms with Crippen molar-refractivity contribution in [3.8, 4) is 0 Å². The first kappa shape index (κ1) is 15.9. The highest BCUT2D eigenvalue weighted by atomic mass is 79.9. The van der Waals surface area contributed by atoms with Crippen LogP contribution in [-0.2, 0) is 14.8 Å². The van der Waals surface area contributed by atoms with Gasteiger partial charge in [0.1, 0.15) is 6.04 Å². The van der Waals surface area contributed by atoms with Gasteiger partial charge >= 0.3 is 5.97 Å². The van der Waals surface area contributed by atoms with Crippen LogP contribution in [0.2, 0.25) is 0 Å². The van der Waals surface area contributed by atoms with E-state index < -0.39 is 22.0 Å². The lowest BCUT2D eigenvalue weighted by atomic mass is 10.3. The minimum atomic E-state index is -3.90. The largest absolute Gasteiger partial charge is 0.480 e. The first-order chi connectivity index (χ1) is 8.65. The van der Waals surface area contributed by atoms with Gasteiger partial charge < -0.3 is 10.0 Å². The van der Waals surface area contributed by atoms with Gasteiger partial charge in [0.25, 0.3) is 0 Å². The molecule has 0 aliphatic carbocycles. The fraction of sp³-hybridized carbons (Fsp3) is 0.364. The first-order valence-corrected chi connectivity index (χ1v) is 7.65. The van der Waals surface area contributed by atoms with Crippen LogP contribution in [0.1, 0.15) is 6.92 Å². The van der Waals surface area contributed by atoms with Gasteiger partial charge in [0, 0.05) is 24.3 Å². The zero-order chi connectivity index (χ0) is 14.8. The standard InChI is InChI=1S/C11H15BrN2O4S/c1-7(11(15)16)13-19(17,18)10-6-8(14(2)3)4-5-9(10)12/h4-7,13H,1-3H3,(H,15,16)/t7-/m1/s1. The average molecular weight is 351 g/mol. The highest BCUT2D eigenvalue weighted by Gasteiger charge is 2.24. The van der Waals surface area contributed by atoms with Gasteiger partial charge in [0.05, 0.1) is 4.90 Å². The molecule has 0 heterocycles. The number of hydrogen-bond donors (Lipinski definition) is 2.